The van der Waals surface area contributed by atoms with Crippen molar-refractivity contribution in [1.29, 1.82) is 0 Å². The minimum Gasteiger partial charge on any atom is -0.344 e. The van der Waals surface area contributed by atoms with E-state index in [1.807, 2.05) is 30.3 Å². The molecular formula is C13H11N5O2S. The third-order valence-corrected chi connectivity index (χ3v) is 3.73. The number of amides is 1. The van der Waals surface area contributed by atoms with Crippen LogP contribution in [0.4, 0.5) is 0 Å². The normalized spacial score (nSPS) is 10.5. The molecule has 0 aliphatic heterocycles. The van der Waals surface area contributed by atoms with Gasteiger partial charge in [-0.05, 0) is 12.1 Å². The van der Waals surface area contributed by atoms with E-state index in [9.17, 15) is 4.79 Å². The second kappa shape index (κ2) is 5.80. The number of carbonyl (C=O) groups is 1. The second-order valence-electron chi connectivity index (χ2n) is 4.25. The molecule has 0 bridgehead atoms. The van der Waals surface area contributed by atoms with Crippen LogP contribution in [0.2, 0.25) is 0 Å². The van der Waals surface area contributed by atoms with Gasteiger partial charge in [0, 0.05) is 5.56 Å². The number of nitrogens with one attached hydrogen (secondary N) is 1. The van der Waals surface area contributed by atoms with E-state index in [1.165, 1.54) is 11.3 Å². The lowest BCUT2D eigenvalue weighted by atomic mass is 10.2. The van der Waals surface area contributed by atoms with Gasteiger partial charge in [-0.3, -0.25) is 4.79 Å². The summed E-state index contributed by atoms with van der Waals surface area (Å²) in [5.74, 6) is -0.342. The molecule has 0 saturated heterocycles. The van der Waals surface area contributed by atoms with Gasteiger partial charge in [-0.1, -0.05) is 46.8 Å². The molecule has 3 aromatic rings. The van der Waals surface area contributed by atoms with E-state index in [1.54, 1.807) is 6.92 Å². The fourth-order valence-corrected chi connectivity index (χ4v) is 2.48. The van der Waals surface area contributed by atoms with Crippen LogP contribution >= 0.6 is 11.3 Å². The summed E-state index contributed by atoms with van der Waals surface area (Å²) in [4.78, 5) is 11.9. The fraction of sp³-hybridized carbons (Fsp3) is 0.154. The summed E-state index contributed by atoms with van der Waals surface area (Å²) in [7, 11) is 0. The zero-order chi connectivity index (χ0) is 14.7. The van der Waals surface area contributed by atoms with Crippen LogP contribution in [0.25, 0.3) is 10.6 Å². The number of nitrogens with zero attached hydrogens (tertiary/aromatic N) is 4. The molecule has 106 valence electrons. The minimum absolute atomic E-state index is 0.183. The van der Waals surface area contributed by atoms with E-state index in [0.717, 1.165) is 15.6 Å². The van der Waals surface area contributed by atoms with Gasteiger partial charge in [-0.2, -0.15) is 0 Å². The summed E-state index contributed by atoms with van der Waals surface area (Å²) in [5.41, 5.74) is 1.64. The van der Waals surface area contributed by atoms with Gasteiger partial charge in [0.1, 0.15) is 15.7 Å². The van der Waals surface area contributed by atoms with Crippen molar-refractivity contribution in [3.05, 3.63) is 46.7 Å². The van der Waals surface area contributed by atoms with Crippen molar-refractivity contribution in [3.63, 3.8) is 0 Å². The Balaban J connectivity index is 1.66. The molecule has 0 fully saturated rings. The highest BCUT2D eigenvalue weighted by atomic mass is 32.1. The van der Waals surface area contributed by atoms with Gasteiger partial charge < -0.3 is 5.32 Å². The van der Waals surface area contributed by atoms with Crippen LogP contribution in [0.15, 0.2) is 35.0 Å². The van der Waals surface area contributed by atoms with Gasteiger partial charge in [0.05, 0.1) is 6.54 Å². The summed E-state index contributed by atoms with van der Waals surface area (Å²) >= 11 is 1.43. The topological polar surface area (TPSA) is 93.8 Å². The number of hydrogen-bond acceptors (Lipinski definition) is 7. The third-order valence-electron chi connectivity index (χ3n) is 2.76. The summed E-state index contributed by atoms with van der Waals surface area (Å²) < 4.78 is 4.49. The molecular weight excluding hydrogens is 290 g/mol. The maximum absolute atomic E-state index is 11.9. The Kier molecular flexibility index (Phi) is 3.69. The van der Waals surface area contributed by atoms with Crippen LogP contribution in [-0.4, -0.2) is 26.4 Å². The highest BCUT2D eigenvalue weighted by Gasteiger charge is 2.15. The first-order valence-corrected chi connectivity index (χ1v) is 7.01. The van der Waals surface area contributed by atoms with E-state index in [4.69, 9.17) is 0 Å². The molecule has 3 rings (SSSR count). The third kappa shape index (κ3) is 2.95. The van der Waals surface area contributed by atoms with Gasteiger partial charge in [-0.25, -0.2) is 4.63 Å². The predicted molar refractivity (Wildman–Crippen MR) is 75.6 cm³/mol. The number of aromatic nitrogens is 4. The summed E-state index contributed by atoms with van der Waals surface area (Å²) in [6.07, 6.45) is 0. The largest absolute Gasteiger partial charge is 0.344 e. The van der Waals surface area contributed by atoms with Crippen molar-refractivity contribution < 1.29 is 9.42 Å². The van der Waals surface area contributed by atoms with Crippen LogP contribution in [0.5, 0.6) is 0 Å². The Morgan fingerprint density at radius 1 is 1.24 bits per heavy atom. The lowest BCUT2D eigenvalue weighted by Gasteiger charge is -1.98. The molecule has 21 heavy (non-hydrogen) atoms. The van der Waals surface area contributed by atoms with Crippen LogP contribution in [0, 0.1) is 6.92 Å². The first-order chi connectivity index (χ1) is 10.2. The van der Waals surface area contributed by atoms with Gasteiger partial charge >= 0.3 is 0 Å². The van der Waals surface area contributed by atoms with Crippen molar-refractivity contribution in [2.45, 2.75) is 13.5 Å². The van der Waals surface area contributed by atoms with Crippen molar-refractivity contribution >= 4 is 17.2 Å². The smallest absolute Gasteiger partial charge is 0.275 e. The van der Waals surface area contributed by atoms with Gasteiger partial charge in [0.15, 0.2) is 5.69 Å². The Morgan fingerprint density at radius 2 is 2.05 bits per heavy atom. The maximum atomic E-state index is 11.9. The summed E-state index contributed by atoms with van der Waals surface area (Å²) in [5, 5.41) is 19.5. The number of carbonyl (C=O) groups excluding carboxylic acids is 1. The predicted octanol–water partition coefficient (Wildman–Crippen LogP) is 1.83. The fourth-order valence-electron chi connectivity index (χ4n) is 1.70. The molecule has 1 N–H and O–H groups in total. The van der Waals surface area contributed by atoms with Crippen molar-refractivity contribution in [2.24, 2.45) is 0 Å². The van der Waals surface area contributed by atoms with Gasteiger partial charge in [0.25, 0.3) is 5.91 Å². The quantitative estimate of drug-likeness (QED) is 0.790. The zero-order valence-corrected chi connectivity index (χ0v) is 11.9. The minimum atomic E-state index is -0.342. The Hall–Kier alpha value is -2.61. The number of aryl methyl sites for hydroxylation is 1. The lowest BCUT2D eigenvalue weighted by Crippen LogP contribution is -2.23. The monoisotopic (exact) mass is 301 g/mol. The molecule has 0 unspecified atom stereocenters. The van der Waals surface area contributed by atoms with Crippen molar-refractivity contribution in [2.75, 3.05) is 0 Å². The molecule has 0 saturated carbocycles. The average Bonchev–Trinajstić information content (AvgIpc) is 3.15. The molecule has 1 aromatic carbocycles. The Bertz CT molecular complexity index is 753. The van der Waals surface area contributed by atoms with Gasteiger partial charge in [-0.15, -0.1) is 10.2 Å². The zero-order valence-electron chi connectivity index (χ0n) is 11.1. The number of benzene rings is 1. The van der Waals surface area contributed by atoms with Crippen LogP contribution in [-0.2, 0) is 6.54 Å². The van der Waals surface area contributed by atoms with Crippen LogP contribution in [0.1, 0.15) is 21.2 Å². The Labute approximate surface area is 124 Å². The van der Waals surface area contributed by atoms with E-state index in [2.05, 4.69) is 30.5 Å². The molecule has 0 atom stereocenters. The standard InChI is InChI=1S/C13H11N5O2S/c1-8-11(18-20-17-8)12(19)14-7-10-15-16-13(21-10)9-5-3-2-4-6-9/h2-6H,7H2,1H3,(H,14,19). The summed E-state index contributed by atoms with van der Waals surface area (Å²) in [6.45, 7) is 1.94. The molecule has 8 heteroatoms. The van der Waals surface area contributed by atoms with E-state index in [-0.39, 0.29) is 18.1 Å². The first-order valence-electron chi connectivity index (χ1n) is 6.19. The van der Waals surface area contributed by atoms with Gasteiger partial charge in [0.2, 0.25) is 0 Å². The molecule has 0 spiro atoms. The van der Waals surface area contributed by atoms with Crippen LogP contribution < -0.4 is 5.32 Å². The second-order valence-corrected chi connectivity index (χ2v) is 5.31. The molecule has 2 heterocycles. The molecule has 2 aromatic heterocycles. The number of hydrogen-bond donors (Lipinski definition) is 1. The molecule has 1 amide bonds. The maximum Gasteiger partial charge on any atom is 0.275 e. The molecule has 7 nitrogen and oxygen atoms in total. The summed E-state index contributed by atoms with van der Waals surface area (Å²) in [6, 6.07) is 9.76. The average molecular weight is 301 g/mol. The van der Waals surface area contributed by atoms with E-state index >= 15 is 0 Å². The highest BCUT2D eigenvalue weighted by Crippen LogP contribution is 2.22. The highest BCUT2D eigenvalue weighted by molar-refractivity contribution is 7.14. The molecule has 0 aliphatic carbocycles. The number of rotatable bonds is 4. The SMILES string of the molecule is Cc1nonc1C(=O)NCc1nnc(-c2ccccc2)s1. The molecule has 0 aliphatic rings. The lowest BCUT2D eigenvalue weighted by molar-refractivity contribution is 0.0940. The van der Waals surface area contributed by atoms with Crippen molar-refractivity contribution in [3.8, 4) is 10.6 Å². The van der Waals surface area contributed by atoms with Crippen LogP contribution in [0.3, 0.4) is 0 Å². The van der Waals surface area contributed by atoms with Crippen molar-refractivity contribution in [1.82, 2.24) is 25.8 Å². The first kappa shape index (κ1) is 13.4. The Morgan fingerprint density at radius 3 is 2.76 bits per heavy atom. The van der Waals surface area contributed by atoms with E-state index in [0.29, 0.717) is 5.69 Å². The molecule has 0 radical (unpaired) electrons. The van der Waals surface area contributed by atoms with E-state index < -0.39 is 0 Å².